The molecule has 0 saturated carbocycles. The van der Waals surface area contributed by atoms with Gasteiger partial charge >= 0.3 is 12.1 Å². The van der Waals surface area contributed by atoms with Crippen LogP contribution >= 0.6 is 0 Å². The molecule has 0 atom stereocenters. The number of rotatable bonds is 8. The van der Waals surface area contributed by atoms with Crippen LogP contribution in [0.5, 0.6) is 11.5 Å². The zero-order valence-electron chi connectivity index (χ0n) is 17.9. The highest BCUT2D eigenvalue weighted by Gasteiger charge is 2.29. The van der Waals surface area contributed by atoms with Crippen LogP contribution in [-0.4, -0.2) is 50.8 Å². The lowest BCUT2D eigenvalue weighted by Gasteiger charge is -2.36. The van der Waals surface area contributed by atoms with Crippen molar-refractivity contribution < 1.29 is 19.1 Å². The summed E-state index contributed by atoms with van der Waals surface area (Å²) in [6, 6.07) is 12.5. The molecule has 0 bridgehead atoms. The van der Waals surface area contributed by atoms with E-state index in [1.807, 2.05) is 24.3 Å². The van der Waals surface area contributed by atoms with Crippen molar-refractivity contribution in [1.29, 1.82) is 0 Å². The fourth-order valence-corrected chi connectivity index (χ4v) is 3.41. The Hall–Kier alpha value is -3.68. The Morgan fingerprint density at radius 2 is 1.81 bits per heavy atom. The van der Waals surface area contributed by atoms with Gasteiger partial charge in [-0.05, 0) is 36.2 Å². The molecule has 8 heteroatoms. The van der Waals surface area contributed by atoms with E-state index in [0.717, 1.165) is 17.7 Å². The molecule has 31 heavy (non-hydrogen) atoms. The summed E-state index contributed by atoms with van der Waals surface area (Å²) in [7, 11) is 3.18. The lowest BCUT2D eigenvalue weighted by Crippen LogP contribution is -2.49. The van der Waals surface area contributed by atoms with Crippen molar-refractivity contribution in [2.75, 3.05) is 44.1 Å². The molecule has 4 amide bonds. The second-order valence-corrected chi connectivity index (χ2v) is 7.06. The minimum atomic E-state index is -0.381. The van der Waals surface area contributed by atoms with Gasteiger partial charge in [-0.3, -0.25) is 4.90 Å². The van der Waals surface area contributed by atoms with Crippen LogP contribution in [0.4, 0.5) is 21.0 Å². The van der Waals surface area contributed by atoms with Gasteiger partial charge in [0.15, 0.2) is 0 Å². The van der Waals surface area contributed by atoms with E-state index in [1.165, 1.54) is 0 Å². The molecule has 1 fully saturated rings. The second kappa shape index (κ2) is 10.4. The number of hydrogen-bond donors (Lipinski definition) is 2. The molecule has 0 spiro atoms. The van der Waals surface area contributed by atoms with Crippen LogP contribution in [0.1, 0.15) is 12.0 Å². The van der Waals surface area contributed by atoms with Crippen LogP contribution < -0.4 is 25.0 Å². The van der Waals surface area contributed by atoms with Crippen molar-refractivity contribution in [2.45, 2.75) is 13.0 Å². The van der Waals surface area contributed by atoms with E-state index in [4.69, 9.17) is 9.47 Å². The van der Waals surface area contributed by atoms with Gasteiger partial charge in [0.1, 0.15) is 11.5 Å². The van der Waals surface area contributed by atoms with E-state index < -0.39 is 0 Å². The zero-order valence-corrected chi connectivity index (χ0v) is 17.9. The van der Waals surface area contributed by atoms with Gasteiger partial charge in [0.2, 0.25) is 0 Å². The molecule has 1 heterocycles. The summed E-state index contributed by atoms with van der Waals surface area (Å²) in [6.45, 7) is 5.66. The van der Waals surface area contributed by atoms with Crippen molar-refractivity contribution in [2.24, 2.45) is 0 Å². The summed E-state index contributed by atoms with van der Waals surface area (Å²) in [6.07, 6.45) is 2.41. The fraction of sp³-hybridized carbons (Fsp3) is 0.304. The summed E-state index contributed by atoms with van der Waals surface area (Å²) >= 11 is 0. The molecule has 2 aromatic carbocycles. The minimum absolute atomic E-state index is 0.109. The summed E-state index contributed by atoms with van der Waals surface area (Å²) in [5.74, 6) is 1.36. The van der Waals surface area contributed by atoms with Crippen LogP contribution in [-0.2, 0) is 6.54 Å². The number of hydrogen-bond acceptors (Lipinski definition) is 4. The first-order chi connectivity index (χ1) is 15.0. The molecule has 8 nitrogen and oxygen atoms in total. The zero-order chi connectivity index (χ0) is 22.2. The number of benzene rings is 2. The first-order valence-corrected chi connectivity index (χ1v) is 10.1. The fourth-order valence-electron chi connectivity index (χ4n) is 3.41. The molecule has 0 aromatic heterocycles. The van der Waals surface area contributed by atoms with Crippen molar-refractivity contribution >= 4 is 23.4 Å². The van der Waals surface area contributed by atoms with Crippen LogP contribution in [0.3, 0.4) is 0 Å². The van der Waals surface area contributed by atoms with Gasteiger partial charge in [-0.25, -0.2) is 9.59 Å². The molecule has 1 aliphatic heterocycles. The Kier molecular flexibility index (Phi) is 7.37. The standard InChI is InChI=1S/C23H28N4O4/c1-4-12-24-22(28)25-20-15-19(31-3)10-11-21(20)27-14-5-13-26(23(27)29)16-17-6-8-18(30-2)9-7-17/h4,6-11,15H,1,5,12-14,16H2,2-3H3,(H2,24,25,28). The third-order valence-electron chi connectivity index (χ3n) is 4.99. The van der Waals surface area contributed by atoms with Gasteiger partial charge in [-0.15, -0.1) is 6.58 Å². The van der Waals surface area contributed by atoms with Gasteiger partial charge in [0.05, 0.1) is 25.6 Å². The first kappa shape index (κ1) is 22.0. The highest BCUT2D eigenvalue weighted by atomic mass is 16.5. The highest BCUT2D eigenvalue weighted by molar-refractivity contribution is 6.00. The highest BCUT2D eigenvalue weighted by Crippen LogP contribution is 2.32. The number of carbonyl (C=O) groups excluding carboxylic acids is 2. The van der Waals surface area contributed by atoms with Crippen LogP contribution in [0.25, 0.3) is 0 Å². The molecule has 2 aromatic rings. The van der Waals surface area contributed by atoms with Crippen molar-refractivity contribution in [3.63, 3.8) is 0 Å². The smallest absolute Gasteiger partial charge is 0.324 e. The van der Waals surface area contributed by atoms with Crippen LogP contribution in [0, 0.1) is 0 Å². The average molecular weight is 425 g/mol. The minimum Gasteiger partial charge on any atom is -0.497 e. The summed E-state index contributed by atoms with van der Waals surface area (Å²) in [5, 5.41) is 5.49. The summed E-state index contributed by atoms with van der Waals surface area (Å²) < 4.78 is 10.5. The number of amides is 4. The Balaban J connectivity index is 1.80. The Morgan fingerprint density at radius 1 is 1.10 bits per heavy atom. The Bertz CT molecular complexity index is 930. The van der Waals surface area contributed by atoms with Crippen LogP contribution in [0.15, 0.2) is 55.1 Å². The van der Waals surface area contributed by atoms with Crippen molar-refractivity contribution in [3.8, 4) is 11.5 Å². The number of carbonyl (C=O) groups is 2. The third kappa shape index (κ3) is 5.48. The largest absolute Gasteiger partial charge is 0.497 e. The average Bonchev–Trinajstić information content (AvgIpc) is 2.79. The van der Waals surface area contributed by atoms with Gasteiger partial charge in [0, 0.05) is 32.2 Å². The normalized spacial score (nSPS) is 13.5. The van der Waals surface area contributed by atoms with Crippen molar-refractivity contribution in [1.82, 2.24) is 10.2 Å². The van der Waals surface area contributed by atoms with Gasteiger partial charge in [-0.2, -0.15) is 0 Å². The van der Waals surface area contributed by atoms with Gasteiger partial charge < -0.3 is 25.0 Å². The second-order valence-electron chi connectivity index (χ2n) is 7.06. The maximum Gasteiger partial charge on any atom is 0.324 e. The predicted molar refractivity (Wildman–Crippen MR) is 121 cm³/mol. The number of nitrogens with one attached hydrogen (secondary N) is 2. The molecule has 3 rings (SSSR count). The summed E-state index contributed by atoms with van der Waals surface area (Å²) in [5.41, 5.74) is 2.15. The first-order valence-electron chi connectivity index (χ1n) is 10.1. The van der Waals surface area contributed by atoms with E-state index in [-0.39, 0.29) is 12.1 Å². The quantitative estimate of drug-likeness (QED) is 0.631. The SMILES string of the molecule is C=CCNC(=O)Nc1cc(OC)ccc1N1CCCN(Cc2ccc(OC)cc2)C1=O. The molecule has 1 aliphatic rings. The topological polar surface area (TPSA) is 83.1 Å². The van der Waals surface area contributed by atoms with Crippen molar-refractivity contribution in [3.05, 3.63) is 60.7 Å². The van der Waals surface area contributed by atoms with Crippen LogP contribution in [0.2, 0.25) is 0 Å². The lowest BCUT2D eigenvalue weighted by molar-refractivity contribution is 0.192. The molecule has 0 unspecified atom stereocenters. The van der Waals surface area contributed by atoms with E-state index in [2.05, 4.69) is 17.2 Å². The maximum absolute atomic E-state index is 13.3. The third-order valence-corrected chi connectivity index (χ3v) is 4.99. The van der Waals surface area contributed by atoms with Gasteiger partial charge in [-0.1, -0.05) is 18.2 Å². The maximum atomic E-state index is 13.3. The number of ether oxygens (including phenoxy) is 2. The Labute approximate surface area is 182 Å². The van der Waals surface area contributed by atoms with Gasteiger partial charge in [0.25, 0.3) is 0 Å². The number of methoxy groups -OCH3 is 2. The molecular weight excluding hydrogens is 396 g/mol. The van der Waals surface area contributed by atoms with E-state index >= 15 is 0 Å². The number of anilines is 2. The van der Waals surface area contributed by atoms with E-state index in [0.29, 0.717) is 43.3 Å². The van der Waals surface area contributed by atoms with E-state index in [1.54, 1.807) is 48.3 Å². The summed E-state index contributed by atoms with van der Waals surface area (Å²) in [4.78, 5) is 29.0. The monoisotopic (exact) mass is 424 g/mol. The predicted octanol–water partition coefficient (Wildman–Crippen LogP) is 3.84. The Morgan fingerprint density at radius 3 is 2.48 bits per heavy atom. The molecule has 2 N–H and O–H groups in total. The number of nitrogens with zero attached hydrogens (tertiary/aromatic N) is 2. The molecule has 1 saturated heterocycles. The molecular formula is C23H28N4O4. The molecule has 164 valence electrons. The lowest BCUT2D eigenvalue weighted by atomic mass is 10.1. The number of urea groups is 2. The van der Waals surface area contributed by atoms with E-state index in [9.17, 15) is 9.59 Å². The molecule has 0 radical (unpaired) electrons. The molecule has 0 aliphatic carbocycles.